The van der Waals surface area contributed by atoms with Crippen LogP contribution in [0.5, 0.6) is 0 Å². The third-order valence-electron chi connectivity index (χ3n) is 3.09. The molecule has 1 aromatic rings. The highest BCUT2D eigenvalue weighted by Gasteiger charge is 2.15. The maximum atomic E-state index is 12.2. The molecule has 0 aliphatic heterocycles. The maximum absolute atomic E-state index is 12.2. The van der Waals surface area contributed by atoms with Crippen LogP contribution in [-0.4, -0.2) is 53.1 Å². The maximum Gasteiger partial charge on any atom is 0.283 e. The van der Waals surface area contributed by atoms with Crippen LogP contribution in [0.15, 0.2) is 15.5 Å². The minimum atomic E-state index is -0.169. The molecule has 0 radical (unpaired) electrons. The van der Waals surface area contributed by atoms with Crippen LogP contribution in [0.4, 0.5) is 5.69 Å². The quantitative estimate of drug-likeness (QED) is 0.770. The van der Waals surface area contributed by atoms with Crippen LogP contribution in [0, 0.1) is 5.92 Å². The molecule has 114 valence electrons. The molecule has 7 heteroatoms. The van der Waals surface area contributed by atoms with E-state index >= 15 is 0 Å². The normalized spacial score (nSPS) is 13.0. The van der Waals surface area contributed by atoms with Gasteiger partial charge in [0, 0.05) is 6.54 Å². The molecule has 1 atom stereocenters. The van der Waals surface area contributed by atoms with Gasteiger partial charge in [0.1, 0.15) is 4.47 Å². The summed E-state index contributed by atoms with van der Waals surface area (Å²) >= 11 is 3.31. The van der Waals surface area contributed by atoms with Gasteiger partial charge in [-0.15, -0.1) is 0 Å². The van der Waals surface area contributed by atoms with E-state index in [-0.39, 0.29) is 24.1 Å². The molecule has 20 heavy (non-hydrogen) atoms. The minimum Gasteiger partial charge on any atom is -0.394 e. The van der Waals surface area contributed by atoms with E-state index in [1.165, 1.54) is 4.68 Å². The van der Waals surface area contributed by atoms with Crippen molar-refractivity contribution in [1.29, 1.82) is 0 Å². The summed E-state index contributed by atoms with van der Waals surface area (Å²) in [7, 11) is 3.90. The van der Waals surface area contributed by atoms with E-state index in [0.29, 0.717) is 16.7 Å². The van der Waals surface area contributed by atoms with E-state index in [1.54, 1.807) is 6.20 Å². The van der Waals surface area contributed by atoms with E-state index in [0.717, 1.165) is 6.54 Å². The Balaban J connectivity index is 2.91. The van der Waals surface area contributed by atoms with Gasteiger partial charge in [0.2, 0.25) is 0 Å². The van der Waals surface area contributed by atoms with E-state index in [9.17, 15) is 9.90 Å². The molecular formula is C13H23BrN4O2. The third kappa shape index (κ3) is 4.57. The Morgan fingerprint density at radius 2 is 2.15 bits per heavy atom. The van der Waals surface area contributed by atoms with Crippen molar-refractivity contribution >= 4 is 21.6 Å². The highest BCUT2D eigenvalue weighted by Crippen LogP contribution is 2.19. The fourth-order valence-corrected chi connectivity index (χ4v) is 2.06. The summed E-state index contributed by atoms with van der Waals surface area (Å²) in [6.07, 6.45) is 1.62. The largest absolute Gasteiger partial charge is 0.394 e. The van der Waals surface area contributed by atoms with Gasteiger partial charge in [-0.05, 0) is 35.9 Å². The van der Waals surface area contributed by atoms with Crippen molar-refractivity contribution in [2.75, 3.05) is 32.6 Å². The van der Waals surface area contributed by atoms with Crippen molar-refractivity contribution in [2.45, 2.75) is 26.4 Å². The second-order valence-electron chi connectivity index (χ2n) is 5.38. The number of hydrogen-bond donors (Lipinski definition) is 2. The second kappa shape index (κ2) is 7.75. The molecule has 0 saturated heterocycles. The summed E-state index contributed by atoms with van der Waals surface area (Å²) in [5.74, 6) is 0.253. The zero-order chi connectivity index (χ0) is 15.3. The molecule has 0 amide bonds. The first-order chi connectivity index (χ1) is 9.36. The van der Waals surface area contributed by atoms with Gasteiger partial charge in [-0.2, -0.15) is 5.10 Å². The Labute approximate surface area is 127 Å². The molecule has 0 aromatic carbocycles. The molecule has 6 nitrogen and oxygen atoms in total. The van der Waals surface area contributed by atoms with Crippen LogP contribution in [0.3, 0.4) is 0 Å². The van der Waals surface area contributed by atoms with Gasteiger partial charge in [0.25, 0.3) is 5.56 Å². The standard InChI is InChI=1S/C13H23BrN4O2/c1-9(2)11(8-19)16-10-7-15-18(6-5-17(3)4)13(20)12(10)14/h7,9,11,16,19H,5-6,8H2,1-4H3/t11-/m1/s1. The second-order valence-corrected chi connectivity index (χ2v) is 6.17. The molecule has 2 N–H and O–H groups in total. The molecule has 1 aromatic heterocycles. The Hall–Kier alpha value is -0.920. The lowest BCUT2D eigenvalue weighted by molar-refractivity contribution is 0.249. The summed E-state index contributed by atoms with van der Waals surface area (Å²) in [4.78, 5) is 14.2. The van der Waals surface area contributed by atoms with Crippen molar-refractivity contribution in [3.63, 3.8) is 0 Å². The molecule has 0 aliphatic carbocycles. The zero-order valence-corrected chi connectivity index (χ0v) is 14.0. The van der Waals surface area contributed by atoms with Crippen LogP contribution in [-0.2, 0) is 6.54 Å². The van der Waals surface area contributed by atoms with Crippen molar-refractivity contribution in [3.05, 3.63) is 21.0 Å². The molecule has 0 bridgehead atoms. The van der Waals surface area contributed by atoms with E-state index in [4.69, 9.17) is 0 Å². The van der Waals surface area contributed by atoms with E-state index in [2.05, 4.69) is 26.3 Å². The number of likely N-dealkylation sites (N-methyl/N-ethyl adjacent to an activating group) is 1. The number of aromatic nitrogens is 2. The highest BCUT2D eigenvalue weighted by atomic mass is 79.9. The number of halogens is 1. The highest BCUT2D eigenvalue weighted by molar-refractivity contribution is 9.10. The summed E-state index contributed by atoms with van der Waals surface area (Å²) in [6.45, 7) is 5.31. The number of hydrogen-bond acceptors (Lipinski definition) is 5. The molecule has 1 heterocycles. The lowest BCUT2D eigenvalue weighted by Crippen LogP contribution is -2.33. The first kappa shape index (κ1) is 17.1. The average Bonchev–Trinajstić information content (AvgIpc) is 2.38. The van der Waals surface area contributed by atoms with Crippen LogP contribution in [0.2, 0.25) is 0 Å². The molecule has 0 saturated carbocycles. The fourth-order valence-electron chi connectivity index (χ4n) is 1.64. The summed E-state index contributed by atoms with van der Waals surface area (Å²) < 4.78 is 1.88. The number of nitrogens with one attached hydrogen (secondary N) is 1. The SMILES string of the molecule is CC(C)[C@@H](CO)Nc1cnn(CCN(C)C)c(=O)c1Br. The third-order valence-corrected chi connectivity index (χ3v) is 3.85. The molecule has 1 rings (SSSR count). The van der Waals surface area contributed by atoms with Gasteiger partial charge in [0.05, 0.1) is 31.1 Å². The molecule has 0 aliphatic rings. The van der Waals surface area contributed by atoms with Crippen molar-refractivity contribution < 1.29 is 5.11 Å². The van der Waals surface area contributed by atoms with Gasteiger partial charge >= 0.3 is 0 Å². The molecular weight excluding hydrogens is 324 g/mol. The molecule has 0 spiro atoms. The van der Waals surface area contributed by atoms with E-state index < -0.39 is 0 Å². The van der Waals surface area contributed by atoms with Crippen molar-refractivity contribution in [2.24, 2.45) is 5.92 Å². The first-order valence-electron chi connectivity index (χ1n) is 6.64. The van der Waals surface area contributed by atoms with E-state index in [1.807, 2.05) is 32.8 Å². The minimum absolute atomic E-state index is 0.00776. The van der Waals surface area contributed by atoms with Crippen LogP contribution >= 0.6 is 15.9 Å². The Kier molecular flexibility index (Phi) is 6.64. The summed E-state index contributed by atoms with van der Waals surface area (Å²) in [6, 6.07) is -0.106. The number of rotatable bonds is 7. The lowest BCUT2D eigenvalue weighted by atomic mass is 10.1. The topological polar surface area (TPSA) is 70.4 Å². The first-order valence-corrected chi connectivity index (χ1v) is 7.43. The van der Waals surface area contributed by atoms with Crippen molar-refractivity contribution in [1.82, 2.24) is 14.7 Å². The van der Waals surface area contributed by atoms with Gasteiger partial charge < -0.3 is 15.3 Å². The Bertz CT molecular complexity index is 488. The van der Waals surface area contributed by atoms with Crippen LogP contribution in [0.1, 0.15) is 13.8 Å². The number of nitrogens with zero attached hydrogens (tertiary/aromatic N) is 3. The van der Waals surface area contributed by atoms with Gasteiger partial charge in [0.15, 0.2) is 0 Å². The Morgan fingerprint density at radius 1 is 1.50 bits per heavy atom. The smallest absolute Gasteiger partial charge is 0.283 e. The fraction of sp³-hybridized carbons (Fsp3) is 0.692. The predicted molar refractivity (Wildman–Crippen MR) is 84.1 cm³/mol. The zero-order valence-electron chi connectivity index (χ0n) is 12.4. The van der Waals surface area contributed by atoms with Gasteiger partial charge in [-0.1, -0.05) is 13.8 Å². The average molecular weight is 347 g/mol. The van der Waals surface area contributed by atoms with Crippen molar-refractivity contribution in [3.8, 4) is 0 Å². The number of aliphatic hydroxyl groups excluding tert-OH is 1. The molecule has 0 unspecified atom stereocenters. The number of anilines is 1. The summed E-state index contributed by atoms with van der Waals surface area (Å²) in [5, 5.41) is 16.6. The predicted octanol–water partition coefficient (Wildman–Crippen LogP) is 0.996. The number of aliphatic hydroxyl groups is 1. The Morgan fingerprint density at radius 3 is 2.65 bits per heavy atom. The summed E-state index contributed by atoms with van der Waals surface area (Å²) in [5.41, 5.74) is 0.446. The molecule has 0 fully saturated rings. The lowest BCUT2D eigenvalue weighted by Gasteiger charge is -2.21. The van der Waals surface area contributed by atoms with Crippen LogP contribution < -0.4 is 10.9 Å². The van der Waals surface area contributed by atoms with Crippen LogP contribution in [0.25, 0.3) is 0 Å². The monoisotopic (exact) mass is 346 g/mol. The van der Waals surface area contributed by atoms with Gasteiger partial charge in [-0.25, -0.2) is 4.68 Å². The van der Waals surface area contributed by atoms with Gasteiger partial charge in [-0.3, -0.25) is 4.79 Å².